The molecule has 7 rings (SSSR count). The third-order valence-corrected chi connectivity index (χ3v) is 7.58. The number of H-pyrrole nitrogens is 1. The van der Waals surface area contributed by atoms with Gasteiger partial charge in [-0.2, -0.15) is 0 Å². The van der Waals surface area contributed by atoms with Crippen molar-refractivity contribution in [2.75, 3.05) is 18.6 Å². The van der Waals surface area contributed by atoms with Crippen LogP contribution in [0.15, 0.2) is 103 Å². The minimum Gasteiger partial charge on any atom is -0.508 e. The Labute approximate surface area is 247 Å². The van der Waals surface area contributed by atoms with Crippen molar-refractivity contribution >= 4 is 22.3 Å². The zero-order chi connectivity index (χ0) is 29.3. The summed E-state index contributed by atoms with van der Waals surface area (Å²) >= 11 is 0. The number of hydrogen-bond acceptors (Lipinski definition) is 7. The van der Waals surface area contributed by atoms with Crippen LogP contribution < -0.4 is 10.2 Å². The van der Waals surface area contributed by atoms with Gasteiger partial charge in [0.05, 0.1) is 40.7 Å². The molecule has 2 aromatic carbocycles. The van der Waals surface area contributed by atoms with Gasteiger partial charge in [-0.25, -0.2) is 4.39 Å². The number of aromatic hydroxyl groups is 1. The second kappa shape index (κ2) is 11.1. The maximum absolute atomic E-state index is 14.1. The minimum absolute atomic E-state index is 0.137. The first-order valence-corrected chi connectivity index (χ1v) is 13.9. The average Bonchev–Trinajstić information content (AvgIpc) is 3.46. The van der Waals surface area contributed by atoms with Crippen LogP contribution in [0.5, 0.6) is 5.75 Å². The van der Waals surface area contributed by atoms with Crippen molar-refractivity contribution in [3.63, 3.8) is 0 Å². The van der Waals surface area contributed by atoms with E-state index in [9.17, 15) is 9.50 Å². The normalized spacial score (nSPS) is 12.8. The van der Waals surface area contributed by atoms with E-state index in [4.69, 9.17) is 9.98 Å². The van der Waals surface area contributed by atoms with Gasteiger partial charge in [0.15, 0.2) is 0 Å². The fraction of sp³-hybridized carbons (Fsp3) is 0.118. The smallest absolute Gasteiger partial charge is 0.127 e. The van der Waals surface area contributed by atoms with Crippen molar-refractivity contribution < 1.29 is 9.50 Å². The Morgan fingerprint density at radius 2 is 1.70 bits per heavy atom. The Kier molecular flexibility index (Phi) is 6.84. The van der Waals surface area contributed by atoms with Gasteiger partial charge in [0.2, 0.25) is 0 Å². The summed E-state index contributed by atoms with van der Waals surface area (Å²) in [5, 5.41) is 14.3. The summed E-state index contributed by atoms with van der Waals surface area (Å²) in [5.74, 6) is -0.649. The van der Waals surface area contributed by atoms with Gasteiger partial charge in [0.1, 0.15) is 18.2 Å². The van der Waals surface area contributed by atoms with Crippen molar-refractivity contribution in [3.05, 3.63) is 126 Å². The van der Waals surface area contributed by atoms with E-state index < -0.39 is 5.82 Å². The largest absolute Gasteiger partial charge is 0.508 e. The van der Waals surface area contributed by atoms with Gasteiger partial charge in [-0.05, 0) is 47.0 Å². The number of halogens is 1. The lowest BCUT2D eigenvalue weighted by Crippen LogP contribution is -2.26. The van der Waals surface area contributed by atoms with Crippen LogP contribution in [-0.2, 0) is 13.1 Å². The molecule has 212 valence electrons. The Bertz CT molecular complexity index is 1970. The van der Waals surface area contributed by atoms with Gasteiger partial charge in [-0.15, -0.1) is 0 Å². The van der Waals surface area contributed by atoms with E-state index in [1.54, 1.807) is 12.4 Å². The highest BCUT2D eigenvalue weighted by Crippen LogP contribution is 2.34. The summed E-state index contributed by atoms with van der Waals surface area (Å²) in [4.78, 5) is 24.1. The number of hydrogen-bond donors (Lipinski definition) is 3. The molecule has 0 aliphatic carbocycles. The number of aliphatic imine (C=N–C) groups is 1. The molecular formula is C34H28FN7O. The second-order valence-electron chi connectivity index (χ2n) is 10.6. The molecule has 1 aliphatic heterocycles. The molecule has 0 saturated heterocycles. The predicted octanol–water partition coefficient (Wildman–Crippen LogP) is 6.07. The van der Waals surface area contributed by atoms with Crippen molar-refractivity contribution in [2.45, 2.75) is 13.1 Å². The molecule has 4 aromatic heterocycles. The highest BCUT2D eigenvalue weighted by molar-refractivity contribution is 6.18. The summed E-state index contributed by atoms with van der Waals surface area (Å²) in [6.07, 6.45) is 8.99. The minimum atomic E-state index is -0.512. The number of nitrogens with zero attached hydrogens (tertiary/aromatic N) is 5. The number of benzene rings is 2. The number of nitrogens with one attached hydrogen (secondary N) is 2. The van der Waals surface area contributed by atoms with Gasteiger partial charge in [0.25, 0.3) is 0 Å². The molecule has 0 fully saturated rings. The summed E-state index contributed by atoms with van der Waals surface area (Å²) in [6, 6.07) is 20.5. The van der Waals surface area contributed by atoms with E-state index in [0.717, 1.165) is 63.0 Å². The van der Waals surface area contributed by atoms with E-state index in [0.29, 0.717) is 24.3 Å². The molecule has 5 heterocycles. The highest BCUT2D eigenvalue weighted by Gasteiger charge is 2.23. The zero-order valence-corrected chi connectivity index (χ0v) is 23.4. The molecule has 0 spiro atoms. The van der Waals surface area contributed by atoms with Crippen LogP contribution in [0.4, 0.5) is 10.1 Å². The maximum atomic E-state index is 14.1. The number of rotatable bonds is 7. The zero-order valence-electron chi connectivity index (χ0n) is 23.4. The number of aromatic amines is 1. The molecule has 0 saturated carbocycles. The third kappa shape index (κ3) is 5.33. The van der Waals surface area contributed by atoms with E-state index >= 15 is 0 Å². The maximum Gasteiger partial charge on any atom is 0.127 e. The van der Waals surface area contributed by atoms with E-state index in [2.05, 4.69) is 49.4 Å². The molecule has 0 amide bonds. The standard InChI is InChI=1S/C34H28FN7O/c1-42-20-40-34(31-11-27-29(17-38-18-32(27)41-31)23-8-25(35)10-26(43)9-23)28-12-30(39-19-33(28)42)24-7-22(15-37-16-24)14-36-13-21-5-3-2-4-6-21/h2-12,15-19,36,41,43H,13-14,20H2,1H3. The number of aromatic nitrogens is 4. The third-order valence-electron chi connectivity index (χ3n) is 7.58. The lowest BCUT2D eigenvalue weighted by molar-refractivity contribution is 0.469. The molecule has 6 aromatic rings. The monoisotopic (exact) mass is 569 g/mol. The van der Waals surface area contributed by atoms with Crippen LogP contribution in [0.2, 0.25) is 0 Å². The molecule has 0 bridgehead atoms. The van der Waals surface area contributed by atoms with Crippen LogP contribution in [0.3, 0.4) is 0 Å². The van der Waals surface area contributed by atoms with Crippen LogP contribution in [0.1, 0.15) is 22.4 Å². The average molecular weight is 570 g/mol. The van der Waals surface area contributed by atoms with Crippen LogP contribution in [-0.4, -0.2) is 44.5 Å². The molecule has 8 nitrogen and oxygen atoms in total. The Hall–Kier alpha value is -5.41. The van der Waals surface area contributed by atoms with Crippen molar-refractivity contribution in [1.29, 1.82) is 0 Å². The topological polar surface area (TPSA) is 102 Å². The first-order chi connectivity index (χ1) is 21.0. The second-order valence-corrected chi connectivity index (χ2v) is 10.6. The van der Waals surface area contributed by atoms with Crippen molar-refractivity contribution in [2.24, 2.45) is 4.99 Å². The number of phenols is 1. The Morgan fingerprint density at radius 1 is 0.860 bits per heavy atom. The SMILES string of the molecule is CN1CN=C(c2cc3c(-c4cc(O)cc(F)c4)cncc3[nH]2)c2cc(-c3cncc(CNCc4ccccc4)c3)ncc21. The molecular weight excluding hydrogens is 541 g/mol. The fourth-order valence-electron chi connectivity index (χ4n) is 5.48. The molecule has 1 aliphatic rings. The van der Waals surface area contributed by atoms with Gasteiger partial charge in [0, 0.05) is 66.9 Å². The molecule has 3 N–H and O–H groups in total. The predicted molar refractivity (Wildman–Crippen MR) is 167 cm³/mol. The van der Waals surface area contributed by atoms with E-state index in [-0.39, 0.29) is 5.75 Å². The first-order valence-electron chi connectivity index (χ1n) is 13.9. The Morgan fingerprint density at radius 3 is 2.56 bits per heavy atom. The van der Waals surface area contributed by atoms with Gasteiger partial charge in [-0.1, -0.05) is 30.3 Å². The number of fused-ring (bicyclic) bond motifs is 2. The molecule has 9 heteroatoms. The molecule has 0 unspecified atom stereocenters. The quantitative estimate of drug-likeness (QED) is 0.216. The van der Waals surface area contributed by atoms with Gasteiger partial charge in [-0.3, -0.25) is 19.9 Å². The fourth-order valence-corrected chi connectivity index (χ4v) is 5.48. The molecule has 0 atom stereocenters. The van der Waals surface area contributed by atoms with Gasteiger partial charge < -0.3 is 20.3 Å². The van der Waals surface area contributed by atoms with Crippen LogP contribution >= 0.6 is 0 Å². The summed E-state index contributed by atoms with van der Waals surface area (Å²) in [6.45, 7) is 1.94. The Balaban J connectivity index is 1.21. The van der Waals surface area contributed by atoms with Crippen molar-refractivity contribution in [3.8, 4) is 28.1 Å². The molecule has 43 heavy (non-hydrogen) atoms. The summed E-state index contributed by atoms with van der Waals surface area (Å²) in [5.41, 5.74) is 9.58. The summed E-state index contributed by atoms with van der Waals surface area (Å²) in [7, 11) is 1.99. The number of pyridine rings is 3. The number of phenolic OH excluding ortho intramolecular Hbond substituents is 1. The number of anilines is 1. The first kappa shape index (κ1) is 26.5. The van der Waals surface area contributed by atoms with E-state index in [1.807, 2.05) is 49.9 Å². The van der Waals surface area contributed by atoms with Gasteiger partial charge >= 0.3 is 0 Å². The van der Waals surface area contributed by atoms with Crippen LogP contribution in [0.25, 0.3) is 33.3 Å². The van der Waals surface area contributed by atoms with Crippen molar-refractivity contribution in [1.82, 2.24) is 25.3 Å². The molecule has 0 radical (unpaired) electrons. The lowest BCUT2D eigenvalue weighted by atomic mass is 10.00. The lowest BCUT2D eigenvalue weighted by Gasteiger charge is -2.26. The van der Waals surface area contributed by atoms with Crippen LogP contribution in [0, 0.1) is 5.82 Å². The summed E-state index contributed by atoms with van der Waals surface area (Å²) < 4.78 is 14.1. The van der Waals surface area contributed by atoms with E-state index in [1.165, 1.54) is 17.7 Å². The highest BCUT2D eigenvalue weighted by atomic mass is 19.1.